The Balaban J connectivity index is 1.57. The van der Waals surface area contributed by atoms with E-state index in [-0.39, 0.29) is 17.9 Å². The van der Waals surface area contributed by atoms with Crippen LogP contribution in [0.25, 0.3) is 0 Å². The highest BCUT2D eigenvalue weighted by Crippen LogP contribution is 2.23. The second-order valence-corrected chi connectivity index (χ2v) is 7.21. The van der Waals surface area contributed by atoms with Crippen LogP contribution < -0.4 is 5.32 Å². The second-order valence-electron chi connectivity index (χ2n) is 6.81. The van der Waals surface area contributed by atoms with Crippen molar-refractivity contribution in [2.45, 2.75) is 32.4 Å². The van der Waals surface area contributed by atoms with E-state index >= 15 is 0 Å². The summed E-state index contributed by atoms with van der Waals surface area (Å²) in [6.45, 7) is 4.65. The Hall–Kier alpha value is -1.84. The molecule has 0 aliphatic carbocycles. The summed E-state index contributed by atoms with van der Waals surface area (Å²) in [5.74, 6) is 0.197. The summed E-state index contributed by atoms with van der Waals surface area (Å²) in [6, 6.07) is 18.1. The molecular weight excluding hydrogens is 332 g/mol. The number of nitrogens with one attached hydrogen (secondary N) is 1. The van der Waals surface area contributed by atoms with Crippen LogP contribution in [0.15, 0.2) is 54.6 Å². The summed E-state index contributed by atoms with van der Waals surface area (Å²) in [4.78, 5) is 15.0. The molecule has 2 atom stereocenters. The minimum absolute atomic E-state index is 0.0349. The van der Waals surface area contributed by atoms with Crippen molar-refractivity contribution in [1.29, 1.82) is 0 Å². The Morgan fingerprint density at radius 3 is 2.68 bits per heavy atom. The van der Waals surface area contributed by atoms with Crippen molar-refractivity contribution >= 4 is 17.5 Å². The number of carbonyl (C=O) groups is 1. The first kappa shape index (κ1) is 18.0. The largest absolute Gasteiger partial charge is 0.349 e. The predicted molar refractivity (Wildman–Crippen MR) is 102 cm³/mol. The minimum atomic E-state index is 0.0349. The van der Waals surface area contributed by atoms with E-state index in [1.807, 2.05) is 43.3 Å². The molecule has 4 heteroatoms. The van der Waals surface area contributed by atoms with Crippen LogP contribution in [-0.4, -0.2) is 23.9 Å². The first-order chi connectivity index (χ1) is 12.1. The minimum Gasteiger partial charge on any atom is -0.349 e. The number of piperidine rings is 1. The van der Waals surface area contributed by atoms with E-state index in [1.165, 1.54) is 0 Å². The summed E-state index contributed by atoms with van der Waals surface area (Å²) in [5.41, 5.74) is 2.27. The molecule has 0 saturated carbocycles. The van der Waals surface area contributed by atoms with Crippen LogP contribution in [0.1, 0.15) is 36.9 Å². The molecule has 2 unspecified atom stereocenters. The van der Waals surface area contributed by atoms with Crippen LogP contribution >= 0.6 is 11.6 Å². The topological polar surface area (TPSA) is 32.3 Å². The summed E-state index contributed by atoms with van der Waals surface area (Å²) < 4.78 is 0. The second kappa shape index (κ2) is 8.50. The van der Waals surface area contributed by atoms with Crippen LogP contribution in [-0.2, 0) is 11.3 Å². The molecule has 1 amide bonds. The van der Waals surface area contributed by atoms with Gasteiger partial charge in [-0.15, -0.1) is 0 Å². The van der Waals surface area contributed by atoms with Crippen molar-refractivity contribution < 1.29 is 4.79 Å². The van der Waals surface area contributed by atoms with E-state index in [4.69, 9.17) is 11.6 Å². The standard InChI is InChI=1S/C21H25ClN2O/c1-16(17-8-3-2-4-9-17)23-21(25)19-11-7-13-24(15-19)14-18-10-5-6-12-20(18)22/h2-6,8-10,12,16,19H,7,11,13-15H2,1H3,(H,23,25). The van der Waals surface area contributed by atoms with Gasteiger partial charge in [0.2, 0.25) is 5.91 Å². The van der Waals surface area contributed by atoms with Gasteiger partial charge in [-0.1, -0.05) is 60.1 Å². The van der Waals surface area contributed by atoms with Gasteiger partial charge in [-0.3, -0.25) is 9.69 Å². The van der Waals surface area contributed by atoms with E-state index in [9.17, 15) is 4.79 Å². The Bertz CT molecular complexity index is 704. The van der Waals surface area contributed by atoms with E-state index in [0.717, 1.165) is 48.6 Å². The van der Waals surface area contributed by atoms with E-state index in [0.29, 0.717) is 0 Å². The fraction of sp³-hybridized carbons (Fsp3) is 0.381. The normalized spacial score (nSPS) is 19.4. The molecule has 0 spiro atoms. The third kappa shape index (κ3) is 4.83. The molecule has 2 aromatic rings. The Morgan fingerprint density at radius 1 is 1.20 bits per heavy atom. The zero-order chi connectivity index (χ0) is 17.6. The van der Waals surface area contributed by atoms with Gasteiger partial charge in [-0.2, -0.15) is 0 Å². The monoisotopic (exact) mass is 356 g/mol. The van der Waals surface area contributed by atoms with Crippen molar-refractivity contribution in [3.63, 3.8) is 0 Å². The van der Waals surface area contributed by atoms with Crippen LogP contribution in [0.5, 0.6) is 0 Å². The van der Waals surface area contributed by atoms with Gasteiger partial charge in [0.1, 0.15) is 0 Å². The van der Waals surface area contributed by atoms with Crippen molar-refractivity contribution in [2.75, 3.05) is 13.1 Å². The molecule has 0 aromatic heterocycles. The van der Waals surface area contributed by atoms with Crippen molar-refractivity contribution in [2.24, 2.45) is 5.92 Å². The number of halogens is 1. The Labute approximate surface area is 155 Å². The SMILES string of the molecule is CC(NC(=O)C1CCCN(Cc2ccccc2Cl)C1)c1ccccc1. The molecule has 0 bridgehead atoms. The van der Waals surface area contributed by atoms with E-state index < -0.39 is 0 Å². The Kier molecular flexibility index (Phi) is 6.11. The molecule has 1 fully saturated rings. The average Bonchev–Trinajstić information content (AvgIpc) is 2.64. The molecule has 3 rings (SSSR count). The highest BCUT2D eigenvalue weighted by atomic mass is 35.5. The smallest absolute Gasteiger partial charge is 0.224 e. The number of likely N-dealkylation sites (tertiary alicyclic amines) is 1. The van der Waals surface area contributed by atoms with Gasteiger partial charge in [0.05, 0.1) is 12.0 Å². The van der Waals surface area contributed by atoms with Gasteiger partial charge < -0.3 is 5.32 Å². The van der Waals surface area contributed by atoms with Gasteiger partial charge in [0.15, 0.2) is 0 Å². The molecule has 3 nitrogen and oxygen atoms in total. The van der Waals surface area contributed by atoms with E-state index in [1.54, 1.807) is 0 Å². The van der Waals surface area contributed by atoms with Gasteiger partial charge >= 0.3 is 0 Å². The molecular formula is C21H25ClN2O. The maximum Gasteiger partial charge on any atom is 0.224 e. The molecule has 1 heterocycles. The van der Waals surface area contributed by atoms with Crippen molar-refractivity contribution in [1.82, 2.24) is 10.2 Å². The molecule has 132 valence electrons. The zero-order valence-electron chi connectivity index (χ0n) is 14.6. The third-order valence-corrected chi connectivity index (χ3v) is 5.26. The maximum absolute atomic E-state index is 12.7. The van der Waals surface area contributed by atoms with Crippen molar-refractivity contribution in [3.8, 4) is 0 Å². The summed E-state index contributed by atoms with van der Waals surface area (Å²) in [6.07, 6.45) is 1.99. The zero-order valence-corrected chi connectivity index (χ0v) is 15.4. The number of hydrogen-bond acceptors (Lipinski definition) is 2. The quantitative estimate of drug-likeness (QED) is 0.859. The lowest BCUT2D eigenvalue weighted by molar-refractivity contribution is -0.127. The summed E-state index contributed by atoms with van der Waals surface area (Å²) >= 11 is 6.27. The predicted octanol–water partition coefficient (Wildman–Crippen LogP) is 4.43. The molecule has 1 aliphatic rings. The van der Waals surface area contributed by atoms with Crippen LogP contribution in [0.3, 0.4) is 0 Å². The van der Waals surface area contributed by atoms with Gasteiger partial charge in [0, 0.05) is 18.1 Å². The fourth-order valence-electron chi connectivity index (χ4n) is 3.44. The Morgan fingerprint density at radius 2 is 1.92 bits per heavy atom. The first-order valence-electron chi connectivity index (χ1n) is 8.94. The van der Waals surface area contributed by atoms with E-state index in [2.05, 4.69) is 28.4 Å². The maximum atomic E-state index is 12.7. The molecule has 25 heavy (non-hydrogen) atoms. The van der Waals surface area contributed by atoms with Crippen LogP contribution in [0.2, 0.25) is 5.02 Å². The number of hydrogen-bond donors (Lipinski definition) is 1. The average molecular weight is 357 g/mol. The van der Waals surface area contributed by atoms with Gasteiger partial charge in [-0.25, -0.2) is 0 Å². The molecule has 2 aromatic carbocycles. The molecule has 1 aliphatic heterocycles. The first-order valence-corrected chi connectivity index (χ1v) is 9.32. The fourth-order valence-corrected chi connectivity index (χ4v) is 3.63. The lowest BCUT2D eigenvalue weighted by Gasteiger charge is -2.32. The number of nitrogens with zero attached hydrogens (tertiary/aromatic N) is 1. The van der Waals surface area contributed by atoms with Gasteiger partial charge in [0.25, 0.3) is 0 Å². The number of rotatable bonds is 5. The number of carbonyl (C=O) groups excluding carboxylic acids is 1. The van der Waals surface area contributed by atoms with Crippen LogP contribution in [0, 0.1) is 5.92 Å². The van der Waals surface area contributed by atoms with Crippen molar-refractivity contribution in [3.05, 3.63) is 70.7 Å². The molecule has 0 radical (unpaired) electrons. The number of benzene rings is 2. The molecule has 1 N–H and O–H groups in total. The number of amides is 1. The summed E-state index contributed by atoms with van der Waals surface area (Å²) in [7, 11) is 0. The lowest BCUT2D eigenvalue weighted by atomic mass is 9.96. The highest BCUT2D eigenvalue weighted by Gasteiger charge is 2.27. The van der Waals surface area contributed by atoms with Crippen LogP contribution in [0.4, 0.5) is 0 Å². The lowest BCUT2D eigenvalue weighted by Crippen LogP contribution is -2.43. The van der Waals surface area contributed by atoms with Gasteiger partial charge in [-0.05, 0) is 43.5 Å². The molecule has 1 saturated heterocycles. The third-order valence-electron chi connectivity index (χ3n) is 4.89. The highest BCUT2D eigenvalue weighted by molar-refractivity contribution is 6.31. The summed E-state index contributed by atoms with van der Waals surface area (Å²) in [5, 5.41) is 3.97.